The van der Waals surface area contributed by atoms with Crippen molar-refractivity contribution in [2.75, 3.05) is 21.3 Å². The smallest absolute Gasteiger partial charge is 0.337 e. The highest BCUT2D eigenvalue weighted by Gasteiger charge is 2.15. The molecule has 0 aromatic heterocycles. The maximum absolute atomic E-state index is 14.2. The van der Waals surface area contributed by atoms with Gasteiger partial charge in [0.2, 0.25) is 0 Å². The topological polar surface area (TPSA) is 44.8 Å². The lowest BCUT2D eigenvalue weighted by molar-refractivity contribution is 0.0600. The van der Waals surface area contributed by atoms with Gasteiger partial charge in [-0.15, -0.1) is 0 Å². The number of carbonyl (C=O) groups is 1. The number of carbonyl (C=O) groups excluding carboxylic acids is 1. The third kappa shape index (κ3) is 2.97. The van der Waals surface area contributed by atoms with Crippen LogP contribution in [0.1, 0.15) is 10.4 Å². The molecule has 0 radical (unpaired) electrons. The molecule has 21 heavy (non-hydrogen) atoms. The van der Waals surface area contributed by atoms with Crippen LogP contribution >= 0.6 is 0 Å². The Morgan fingerprint density at radius 3 is 2.29 bits per heavy atom. The fraction of sp³-hybridized carbons (Fsp3) is 0.188. The molecule has 0 N–H and O–H groups in total. The first-order chi connectivity index (χ1) is 10.1. The van der Waals surface area contributed by atoms with Gasteiger partial charge in [-0.25, -0.2) is 9.18 Å². The molecular weight excluding hydrogens is 275 g/mol. The second-order valence-electron chi connectivity index (χ2n) is 4.25. The van der Waals surface area contributed by atoms with E-state index in [4.69, 9.17) is 9.47 Å². The molecule has 4 nitrogen and oxygen atoms in total. The van der Waals surface area contributed by atoms with Crippen molar-refractivity contribution in [3.8, 4) is 22.6 Å². The van der Waals surface area contributed by atoms with Crippen molar-refractivity contribution in [2.24, 2.45) is 0 Å². The number of rotatable bonds is 4. The standard InChI is InChI=1S/C16H15FO4/c1-19-11-5-6-12(14(17)9-11)13-8-10(16(18)21-3)4-7-15(13)20-2/h4-9H,1-3H3. The summed E-state index contributed by atoms with van der Waals surface area (Å²) < 4.78 is 29.1. The van der Waals surface area contributed by atoms with Crippen LogP contribution in [0.5, 0.6) is 11.5 Å². The van der Waals surface area contributed by atoms with Crippen molar-refractivity contribution in [1.82, 2.24) is 0 Å². The number of esters is 1. The molecule has 0 aliphatic carbocycles. The van der Waals surface area contributed by atoms with Crippen LogP contribution in [0, 0.1) is 5.82 Å². The molecule has 0 aliphatic rings. The van der Waals surface area contributed by atoms with E-state index < -0.39 is 11.8 Å². The average Bonchev–Trinajstić information content (AvgIpc) is 2.53. The Balaban J connectivity index is 2.58. The highest BCUT2D eigenvalue weighted by Crippen LogP contribution is 2.34. The van der Waals surface area contributed by atoms with Crippen molar-refractivity contribution >= 4 is 5.97 Å². The number of hydrogen-bond acceptors (Lipinski definition) is 4. The SMILES string of the molecule is COC(=O)c1ccc(OC)c(-c2ccc(OC)cc2F)c1. The van der Waals surface area contributed by atoms with Crippen LogP contribution in [-0.4, -0.2) is 27.3 Å². The first-order valence-corrected chi connectivity index (χ1v) is 6.21. The van der Waals surface area contributed by atoms with Crippen LogP contribution in [-0.2, 0) is 4.74 Å². The maximum Gasteiger partial charge on any atom is 0.337 e. The van der Waals surface area contributed by atoms with Gasteiger partial charge in [-0.05, 0) is 30.3 Å². The molecule has 2 aromatic carbocycles. The quantitative estimate of drug-likeness (QED) is 0.810. The molecule has 2 rings (SSSR count). The van der Waals surface area contributed by atoms with Crippen LogP contribution in [0.4, 0.5) is 4.39 Å². The molecule has 0 saturated carbocycles. The van der Waals surface area contributed by atoms with Crippen LogP contribution in [0.15, 0.2) is 36.4 Å². The minimum absolute atomic E-state index is 0.318. The molecule has 0 saturated heterocycles. The van der Waals surface area contributed by atoms with E-state index in [1.54, 1.807) is 24.3 Å². The van der Waals surface area contributed by atoms with Crippen LogP contribution in [0.2, 0.25) is 0 Å². The lowest BCUT2D eigenvalue weighted by atomic mass is 10.0. The maximum atomic E-state index is 14.2. The molecule has 0 spiro atoms. The van der Waals surface area contributed by atoms with Gasteiger partial charge in [0.05, 0.1) is 26.9 Å². The molecule has 0 bridgehead atoms. The van der Waals surface area contributed by atoms with Gasteiger partial charge in [0.1, 0.15) is 17.3 Å². The van der Waals surface area contributed by atoms with E-state index >= 15 is 0 Å². The van der Waals surface area contributed by atoms with E-state index in [1.807, 2.05) is 0 Å². The summed E-state index contributed by atoms with van der Waals surface area (Å²) in [5.74, 6) is -0.0754. The summed E-state index contributed by atoms with van der Waals surface area (Å²) in [7, 11) is 4.24. The molecule has 110 valence electrons. The third-order valence-electron chi connectivity index (χ3n) is 3.09. The number of halogens is 1. The molecule has 0 heterocycles. The van der Waals surface area contributed by atoms with Gasteiger partial charge < -0.3 is 14.2 Å². The lowest BCUT2D eigenvalue weighted by Gasteiger charge is -2.12. The Hall–Kier alpha value is -2.56. The van der Waals surface area contributed by atoms with Gasteiger partial charge in [0, 0.05) is 17.2 Å². The number of benzene rings is 2. The van der Waals surface area contributed by atoms with E-state index in [9.17, 15) is 9.18 Å². The van der Waals surface area contributed by atoms with Gasteiger partial charge in [0.25, 0.3) is 0 Å². The Morgan fingerprint density at radius 2 is 1.71 bits per heavy atom. The largest absolute Gasteiger partial charge is 0.497 e. The lowest BCUT2D eigenvalue weighted by Crippen LogP contribution is -2.02. The van der Waals surface area contributed by atoms with Crippen molar-refractivity contribution in [3.05, 3.63) is 47.8 Å². The summed E-state index contributed by atoms with van der Waals surface area (Å²) in [6, 6.07) is 9.20. The first kappa shape index (κ1) is 14.8. The molecule has 5 heteroatoms. The monoisotopic (exact) mass is 290 g/mol. The van der Waals surface area contributed by atoms with Gasteiger partial charge in [-0.1, -0.05) is 0 Å². The summed E-state index contributed by atoms with van der Waals surface area (Å²) >= 11 is 0. The van der Waals surface area contributed by atoms with E-state index in [-0.39, 0.29) is 0 Å². The van der Waals surface area contributed by atoms with E-state index in [0.717, 1.165) is 0 Å². The van der Waals surface area contributed by atoms with Crippen molar-refractivity contribution in [1.29, 1.82) is 0 Å². The summed E-state index contributed by atoms with van der Waals surface area (Å²) in [5, 5.41) is 0. The number of hydrogen-bond donors (Lipinski definition) is 0. The average molecular weight is 290 g/mol. The fourth-order valence-electron chi connectivity index (χ4n) is 2.00. The van der Waals surface area contributed by atoms with Crippen LogP contribution < -0.4 is 9.47 Å². The predicted octanol–water partition coefficient (Wildman–Crippen LogP) is 3.30. The Morgan fingerprint density at radius 1 is 0.952 bits per heavy atom. The number of ether oxygens (including phenoxy) is 3. The number of methoxy groups -OCH3 is 3. The summed E-state index contributed by atoms with van der Waals surface area (Å²) in [6.45, 7) is 0. The second-order valence-corrected chi connectivity index (χ2v) is 4.25. The van der Waals surface area contributed by atoms with E-state index in [0.29, 0.717) is 28.2 Å². The Labute approximate surface area is 122 Å². The van der Waals surface area contributed by atoms with E-state index in [1.165, 1.54) is 33.5 Å². The summed E-state index contributed by atoms with van der Waals surface area (Å²) in [6.07, 6.45) is 0. The fourth-order valence-corrected chi connectivity index (χ4v) is 2.00. The molecule has 2 aromatic rings. The van der Waals surface area contributed by atoms with Crippen molar-refractivity contribution in [3.63, 3.8) is 0 Å². The minimum Gasteiger partial charge on any atom is -0.497 e. The van der Waals surface area contributed by atoms with Crippen molar-refractivity contribution in [2.45, 2.75) is 0 Å². The van der Waals surface area contributed by atoms with E-state index in [2.05, 4.69) is 4.74 Å². The summed E-state index contributed by atoms with van der Waals surface area (Å²) in [4.78, 5) is 11.6. The first-order valence-electron chi connectivity index (χ1n) is 6.21. The zero-order valence-electron chi connectivity index (χ0n) is 12.0. The third-order valence-corrected chi connectivity index (χ3v) is 3.09. The van der Waals surface area contributed by atoms with Crippen LogP contribution in [0.3, 0.4) is 0 Å². The predicted molar refractivity (Wildman–Crippen MR) is 76.3 cm³/mol. The minimum atomic E-state index is -0.493. The molecule has 0 unspecified atom stereocenters. The Kier molecular flexibility index (Phi) is 4.42. The molecule has 0 amide bonds. The Bertz CT molecular complexity index is 667. The summed E-state index contributed by atoms with van der Waals surface area (Å²) in [5.41, 5.74) is 1.11. The van der Waals surface area contributed by atoms with Gasteiger partial charge in [0.15, 0.2) is 0 Å². The molecule has 0 aliphatic heterocycles. The van der Waals surface area contributed by atoms with Crippen LogP contribution in [0.25, 0.3) is 11.1 Å². The highest BCUT2D eigenvalue weighted by molar-refractivity contribution is 5.92. The van der Waals surface area contributed by atoms with Gasteiger partial charge >= 0.3 is 5.97 Å². The normalized spacial score (nSPS) is 10.1. The van der Waals surface area contributed by atoms with Gasteiger partial charge in [-0.2, -0.15) is 0 Å². The van der Waals surface area contributed by atoms with Crippen molar-refractivity contribution < 1.29 is 23.4 Å². The molecule has 0 atom stereocenters. The zero-order valence-corrected chi connectivity index (χ0v) is 12.0. The highest BCUT2D eigenvalue weighted by atomic mass is 19.1. The van der Waals surface area contributed by atoms with Gasteiger partial charge in [-0.3, -0.25) is 0 Å². The second kappa shape index (κ2) is 6.26. The molecule has 0 fully saturated rings. The molecular formula is C16H15FO4. The zero-order chi connectivity index (χ0) is 15.4.